The number of aliphatic hydroxyl groups is 1. The number of ketones is 1. The molecule has 0 atom stereocenters. The number of benzene rings is 5. The zero-order valence-corrected chi connectivity index (χ0v) is 77.5. The number of hydrogen-bond donors (Lipinski definition) is 2. The van der Waals surface area contributed by atoms with Gasteiger partial charge in [-0.15, -0.1) is 0 Å². The molecule has 0 radical (unpaired) electrons. The molecule has 716 valence electrons. The van der Waals surface area contributed by atoms with E-state index in [-0.39, 0.29) is 79.9 Å². The number of ether oxygens (including phenoxy) is 3. The number of rotatable bonds is 13. The molecule has 31 heteroatoms. The maximum Gasteiger partial charge on any atom is 0.431 e. The molecule has 6 fully saturated rings. The van der Waals surface area contributed by atoms with Crippen molar-refractivity contribution in [2.24, 2.45) is 5.41 Å². The Morgan fingerprint density at radius 2 is 0.835 bits per heavy atom. The van der Waals surface area contributed by atoms with Gasteiger partial charge in [-0.25, -0.2) is 4.39 Å². The van der Waals surface area contributed by atoms with E-state index >= 15 is 0 Å². The van der Waals surface area contributed by atoms with Gasteiger partial charge in [0.1, 0.15) is 22.8 Å². The first-order chi connectivity index (χ1) is 63.0. The third kappa shape index (κ3) is 18.8. The van der Waals surface area contributed by atoms with Crippen molar-refractivity contribution in [3.05, 3.63) is 248 Å². The largest absolute Gasteiger partial charge is 0.491 e. The summed E-state index contributed by atoms with van der Waals surface area (Å²) in [5.74, 6) is 0.433. The van der Waals surface area contributed by atoms with Crippen LogP contribution < -0.4 is 14.8 Å². The van der Waals surface area contributed by atoms with E-state index in [1.165, 1.54) is 55.3 Å². The van der Waals surface area contributed by atoms with Crippen molar-refractivity contribution in [2.45, 2.75) is 217 Å². The topological polar surface area (TPSA) is 188 Å². The van der Waals surface area contributed by atoms with E-state index < -0.39 is 63.6 Å². The highest BCUT2D eigenvalue weighted by Gasteiger charge is 2.54. The van der Waals surface area contributed by atoms with Crippen LogP contribution in [0.1, 0.15) is 230 Å². The smallest absolute Gasteiger partial charge is 0.431 e. The molecule has 19 rings (SSSR count). The van der Waals surface area contributed by atoms with Crippen LogP contribution in [0.5, 0.6) is 11.5 Å². The molecule has 4 aromatic heterocycles. The lowest BCUT2D eigenvalue weighted by Crippen LogP contribution is -2.63. The highest BCUT2D eigenvalue weighted by atomic mass is 19.4. The number of likely N-dealkylation sites (tertiary alicyclic amines) is 4. The summed E-state index contributed by atoms with van der Waals surface area (Å²) in [6.45, 7) is 24.4. The fourth-order valence-corrected chi connectivity index (χ4v) is 21.9. The van der Waals surface area contributed by atoms with Gasteiger partial charge in [-0.2, -0.15) is 39.5 Å². The number of halogens is 10. The Balaban J connectivity index is 0.000000144. The third-order valence-corrected chi connectivity index (χ3v) is 29.5. The number of Topliss-reactive ketones (excluding diaryl/α,β-unsaturated/α-hetero) is 1. The average molecular weight is 1850 g/mol. The maximum atomic E-state index is 14.4. The number of fused-ring (bicyclic) bond motifs is 8. The standard InChI is InChI=1S/C28H37N3O4.C26H26F3N3O.C24H29F4N3O2.C24H28F3N3O2.2H2/c1-19(2)35-23-7-5-20(17-21(23)18-32)26(34)30-13-11-28(12-14-30)24-8-6-22(25(33)27(3)9-10-27)31(24)16-15-29(28)4;1-30-17-18-32-22(11-12-23(32)26(27,28)29)25(30)13-15-31(16-14-25)24(33)21-9-7-20(8-10-21)19-5-3-2-4-6-19;1-15(2)33-18-6-5-16(13-17(18)25)21(32)30-11-9-23(10-12-30)19-7-8-20(24(26,27)28)31(19)14-22(3,4)29-23;1-16-13-17(3-4-19(16)18-14-32-15-18)22(31)29-9-7-23(8-10-29)20-5-6-21(24(25,26)27)30(20)12-11-28(23)2;;/h5-8,17,19,32H,9-16,18H2,1-4H3;2-12H,13-18H2,1H3;5-8,13,15,29H,9-12,14H2,1-4H3;3-6,13,18H,7-12,14-15H2,1-2H3;2*1H. The maximum absolute atomic E-state index is 14.4. The first-order valence-corrected chi connectivity index (χ1v) is 46.4. The minimum absolute atomic E-state index is 0. The molecule has 5 aromatic carbocycles. The van der Waals surface area contributed by atoms with Crippen molar-refractivity contribution < 1.29 is 90.0 Å². The van der Waals surface area contributed by atoms with Crippen molar-refractivity contribution in [2.75, 3.05) is 106 Å². The van der Waals surface area contributed by atoms with Crippen LogP contribution in [0.2, 0.25) is 0 Å². The molecule has 10 aliphatic rings. The number of likely N-dealkylation sites (N-methyl/N-ethyl adjacent to an activating group) is 3. The van der Waals surface area contributed by atoms with Crippen LogP contribution >= 0.6 is 0 Å². The van der Waals surface area contributed by atoms with E-state index in [1.807, 2.05) is 142 Å². The molecule has 4 spiro atoms. The molecule has 2 N–H and O–H groups in total. The molecule has 1 saturated carbocycles. The number of nitrogens with zero attached hydrogens (tertiary/aromatic N) is 11. The van der Waals surface area contributed by atoms with Gasteiger partial charge in [0.2, 0.25) is 0 Å². The first-order valence-electron chi connectivity index (χ1n) is 46.4. The van der Waals surface area contributed by atoms with Crippen molar-refractivity contribution in [1.82, 2.24) is 57.9 Å². The van der Waals surface area contributed by atoms with Gasteiger partial charge < -0.3 is 57.2 Å². The van der Waals surface area contributed by atoms with Crippen LogP contribution in [0.3, 0.4) is 0 Å². The zero-order valence-electron chi connectivity index (χ0n) is 77.5. The van der Waals surface area contributed by atoms with Crippen LogP contribution in [0.25, 0.3) is 11.1 Å². The SMILES string of the molecule is CC(C)Oc1ccc(C(=O)N2CCC3(CC2)NC(C)(C)Cn2c(C(F)(F)F)ccc23)cc1F.CC(C)Oc1ccc(C(=O)N2CCC3(CC2)c2ccc(C(=O)C4(C)CC4)n2CCN3C)cc1CO.CN1CCn2c(C(F)(F)F)ccc2C12CCN(C(=O)c1ccc(-c3ccccc3)cc1)CC2.Cc1cc(C(=O)N2CCC3(CC2)c2ccc(C(F)(F)F)n2CCN3C)ccc1C1COC1.[HH].[HH]. The molecule has 5 saturated heterocycles. The summed E-state index contributed by atoms with van der Waals surface area (Å²) in [4.78, 5) is 79.8. The number of amides is 4. The monoisotopic (exact) mass is 1850 g/mol. The normalized spacial score (nSPS) is 20.0. The van der Waals surface area contributed by atoms with E-state index in [4.69, 9.17) is 14.2 Å². The summed E-state index contributed by atoms with van der Waals surface area (Å²) in [7, 11) is 6.12. The minimum Gasteiger partial charge on any atom is -0.491 e. The number of aliphatic hydroxyl groups excluding tert-OH is 1. The van der Waals surface area contributed by atoms with Gasteiger partial charge in [0.15, 0.2) is 17.3 Å². The Hall–Kier alpha value is -10.6. The first kappa shape index (κ1) is 95.6. The molecule has 13 heterocycles. The summed E-state index contributed by atoms with van der Waals surface area (Å²) >= 11 is 0. The molecule has 133 heavy (non-hydrogen) atoms. The van der Waals surface area contributed by atoms with Crippen LogP contribution in [-0.2, 0) is 78.2 Å². The molecule has 0 unspecified atom stereocenters. The summed E-state index contributed by atoms with van der Waals surface area (Å²) in [5.41, 5.74) is 6.99. The molecular weight excluding hydrogens is 1730 g/mol. The Labute approximate surface area is 772 Å². The fourth-order valence-electron chi connectivity index (χ4n) is 21.9. The summed E-state index contributed by atoms with van der Waals surface area (Å²) in [6, 6.07) is 45.4. The Morgan fingerprint density at radius 1 is 0.444 bits per heavy atom. The number of carbonyl (C=O) groups is 5. The van der Waals surface area contributed by atoms with E-state index in [9.17, 15) is 73.0 Å². The van der Waals surface area contributed by atoms with Gasteiger partial charge in [0.05, 0.1) is 59.9 Å². The Kier molecular flexibility index (Phi) is 26.5. The van der Waals surface area contributed by atoms with Crippen molar-refractivity contribution in [3.8, 4) is 22.6 Å². The second-order valence-electron chi connectivity index (χ2n) is 39.2. The Morgan fingerprint density at radius 3 is 1.27 bits per heavy atom. The van der Waals surface area contributed by atoms with Gasteiger partial charge in [0, 0.05) is 168 Å². The lowest BCUT2D eigenvalue weighted by atomic mass is 9.79. The molecule has 9 aliphatic heterocycles. The highest BCUT2D eigenvalue weighted by molar-refractivity contribution is 6.01. The molecular formula is C102H124F10N12O9. The second-order valence-corrected chi connectivity index (χ2v) is 39.2. The Bertz CT molecular complexity index is 5780. The number of aromatic nitrogens is 4. The molecule has 0 bridgehead atoms. The van der Waals surface area contributed by atoms with E-state index in [0.717, 1.165) is 80.4 Å². The van der Waals surface area contributed by atoms with Crippen LogP contribution in [0.4, 0.5) is 43.9 Å². The van der Waals surface area contributed by atoms with Crippen LogP contribution in [0, 0.1) is 18.2 Å². The zero-order chi connectivity index (χ0) is 95.0. The van der Waals surface area contributed by atoms with Gasteiger partial charge in [0.25, 0.3) is 23.6 Å². The molecule has 4 amide bonds. The average Bonchev–Trinajstić information content (AvgIpc) is 1.69. The minimum atomic E-state index is -4.43. The van der Waals surface area contributed by atoms with Crippen molar-refractivity contribution >= 4 is 29.4 Å². The number of alkyl halides is 9. The fraction of sp³-hybridized carbons (Fsp3) is 0.500. The molecule has 1 aliphatic carbocycles. The quantitative estimate of drug-likeness (QED) is 0.0821. The third-order valence-electron chi connectivity index (χ3n) is 29.5. The van der Waals surface area contributed by atoms with E-state index in [1.54, 1.807) is 55.1 Å². The summed E-state index contributed by atoms with van der Waals surface area (Å²) in [5, 5.41) is 13.4. The lowest BCUT2D eigenvalue weighted by Gasteiger charge is -2.51. The van der Waals surface area contributed by atoms with E-state index in [2.05, 4.69) is 44.6 Å². The van der Waals surface area contributed by atoms with Crippen molar-refractivity contribution in [3.63, 3.8) is 0 Å². The number of piperidine rings is 4. The second kappa shape index (κ2) is 36.9. The number of aryl methyl sites for hydroxylation is 1. The number of hydrogen-bond acceptors (Lipinski definition) is 13. The van der Waals surface area contributed by atoms with Gasteiger partial charge >= 0.3 is 18.5 Å². The van der Waals surface area contributed by atoms with E-state index in [0.29, 0.717) is 168 Å². The van der Waals surface area contributed by atoms with Crippen LogP contribution in [0.15, 0.2) is 158 Å². The summed E-state index contributed by atoms with van der Waals surface area (Å²) < 4.78 is 159. The number of nitrogens with one attached hydrogen (secondary N) is 1. The lowest BCUT2D eigenvalue weighted by molar-refractivity contribution is -0.145. The predicted molar refractivity (Wildman–Crippen MR) is 488 cm³/mol. The predicted octanol–water partition coefficient (Wildman–Crippen LogP) is 18.5. The van der Waals surface area contributed by atoms with Crippen LogP contribution in [-0.4, -0.2) is 211 Å². The number of carbonyl (C=O) groups excluding carboxylic acids is 5. The highest BCUT2D eigenvalue weighted by Crippen LogP contribution is 2.52. The molecule has 9 aromatic rings. The van der Waals surface area contributed by atoms with Gasteiger partial charge in [-0.1, -0.05) is 55.5 Å². The van der Waals surface area contributed by atoms with Gasteiger partial charge in [-0.3, -0.25) is 44.0 Å². The van der Waals surface area contributed by atoms with Gasteiger partial charge in [-0.05, 0) is 265 Å². The summed E-state index contributed by atoms with van der Waals surface area (Å²) in [6.07, 6.45) is -6.36. The van der Waals surface area contributed by atoms with Crippen molar-refractivity contribution in [1.29, 1.82) is 0 Å². The molecule has 21 nitrogen and oxygen atoms in total.